The number of halogens is 3. The van der Waals surface area contributed by atoms with Gasteiger partial charge in [-0.05, 0) is 25.7 Å². The molecule has 94 valence electrons. The van der Waals surface area contributed by atoms with E-state index in [4.69, 9.17) is 0 Å². The molecule has 0 aliphatic heterocycles. The largest absolute Gasteiger partial charge is 0.435 e. The zero-order valence-electron chi connectivity index (χ0n) is 9.24. The van der Waals surface area contributed by atoms with Crippen LogP contribution in [0.4, 0.5) is 13.2 Å². The van der Waals surface area contributed by atoms with Crippen LogP contribution in [-0.2, 0) is 6.18 Å². The Kier molecular flexibility index (Phi) is 2.92. The zero-order chi connectivity index (χ0) is 12.6. The van der Waals surface area contributed by atoms with Crippen LogP contribution in [0.5, 0.6) is 0 Å². The summed E-state index contributed by atoms with van der Waals surface area (Å²) >= 11 is 0. The predicted molar refractivity (Wildman–Crippen MR) is 52.5 cm³/mol. The first-order valence-corrected chi connectivity index (χ1v) is 5.42. The fourth-order valence-corrected chi connectivity index (χ4v) is 2.07. The summed E-state index contributed by atoms with van der Waals surface area (Å²) in [4.78, 5) is 10.5. The molecule has 0 radical (unpaired) electrons. The van der Waals surface area contributed by atoms with E-state index in [0.717, 1.165) is 23.9 Å². The fourth-order valence-electron chi connectivity index (χ4n) is 2.07. The van der Waals surface area contributed by atoms with Crippen LogP contribution in [-0.4, -0.2) is 21.3 Å². The number of hydrogen-bond acceptors (Lipinski definition) is 3. The van der Waals surface area contributed by atoms with Gasteiger partial charge in [0.2, 0.25) is 0 Å². The zero-order valence-corrected chi connectivity index (χ0v) is 9.24. The number of aromatic nitrogens is 3. The highest BCUT2D eigenvalue weighted by atomic mass is 19.4. The summed E-state index contributed by atoms with van der Waals surface area (Å²) in [6.45, 7) is 1.68. The number of rotatable bonds is 3. The number of carbonyl (C=O) groups excluding carboxylic acids is 1. The van der Waals surface area contributed by atoms with Crippen LogP contribution >= 0.6 is 0 Å². The minimum Gasteiger partial charge on any atom is -0.296 e. The van der Waals surface area contributed by atoms with E-state index in [1.807, 2.05) is 0 Å². The topological polar surface area (TPSA) is 47.8 Å². The lowest BCUT2D eigenvalue weighted by atomic mass is 9.80. The first-order valence-electron chi connectivity index (χ1n) is 5.42. The van der Waals surface area contributed by atoms with E-state index in [1.54, 1.807) is 6.92 Å². The first-order chi connectivity index (χ1) is 7.95. The van der Waals surface area contributed by atoms with Crippen molar-refractivity contribution in [2.75, 3.05) is 0 Å². The molecule has 1 unspecified atom stereocenters. The maximum Gasteiger partial charge on any atom is 0.435 e. The summed E-state index contributed by atoms with van der Waals surface area (Å²) in [7, 11) is 0. The SMILES string of the molecule is CC(C1CCC1)n1nnc(C=O)c1C(F)(F)F. The van der Waals surface area contributed by atoms with Gasteiger partial charge in [0, 0.05) is 0 Å². The lowest BCUT2D eigenvalue weighted by Gasteiger charge is -2.32. The Hall–Kier alpha value is -1.40. The summed E-state index contributed by atoms with van der Waals surface area (Å²) < 4.78 is 39.3. The molecule has 2 rings (SSSR count). The highest BCUT2D eigenvalue weighted by Gasteiger charge is 2.41. The quantitative estimate of drug-likeness (QED) is 0.771. The average molecular weight is 247 g/mol. The molecule has 1 aromatic rings. The third kappa shape index (κ3) is 2.05. The first kappa shape index (κ1) is 12.1. The molecule has 0 bridgehead atoms. The van der Waals surface area contributed by atoms with Gasteiger partial charge in [-0.1, -0.05) is 11.6 Å². The number of alkyl halides is 3. The molecule has 1 atom stereocenters. The van der Waals surface area contributed by atoms with Crippen molar-refractivity contribution in [2.24, 2.45) is 5.92 Å². The molecule has 0 amide bonds. The van der Waals surface area contributed by atoms with Gasteiger partial charge in [0.15, 0.2) is 17.7 Å². The smallest absolute Gasteiger partial charge is 0.296 e. The molecule has 0 spiro atoms. The van der Waals surface area contributed by atoms with Crippen molar-refractivity contribution in [1.29, 1.82) is 0 Å². The second-order valence-corrected chi connectivity index (χ2v) is 4.32. The van der Waals surface area contributed by atoms with Crippen molar-refractivity contribution >= 4 is 6.29 Å². The molecule has 0 N–H and O–H groups in total. The average Bonchev–Trinajstić information content (AvgIpc) is 2.57. The van der Waals surface area contributed by atoms with E-state index in [-0.39, 0.29) is 18.2 Å². The van der Waals surface area contributed by atoms with Crippen molar-refractivity contribution in [3.8, 4) is 0 Å². The van der Waals surface area contributed by atoms with Crippen LogP contribution in [0.15, 0.2) is 0 Å². The summed E-state index contributed by atoms with van der Waals surface area (Å²) in [6, 6.07) is -0.374. The Labute approximate surface area is 95.8 Å². The van der Waals surface area contributed by atoms with Gasteiger partial charge in [-0.3, -0.25) is 4.79 Å². The second kappa shape index (κ2) is 4.12. The number of aldehydes is 1. The minimum absolute atomic E-state index is 0.0970. The van der Waals surface area contributed by atoms with Gasteiger partial charge >= 0.3 is 6.18 Å². The molecule has 1 aliphatic rings. The molecule has 1 aromatic heterocycles. The number of nitrogens with zero attached hydrogens (tertiary/aromatic N) is 3. The predicted octanol–water partition coefficient (Wildman–Crippen LogP) is 2.47. The van der Waals surface area contributed by atoms with Gasteiger partial charge in [-0.15, -0.1) is 5.10 Å². The van der Waals surface area contributed by atoms with Crippen LogP contribution in [0.2, 0.25) is 0 Å². The third-order valence-corrected chi connectivity index (χ3v) is 3.32. The molecule has 0 aromatic carbocycles. The molecule has 1 saturated carbocycles. The van der Waals surface area contributed by atoms with Gasteiger partial charge in [-0.2, -0.15) is 13.2 Å². The lowest BCUT2D eigenvalue weighted by molar-refractivity contribution is -0.145. The van der Waals surface area contributed by atoms with Crippen molar-refractivity contribution in [2.45, 2.75) is 38.4 Å². The maximum absolute atomic E-state index is 12.8. The second-order valence-electron chi connectivity index (χ2n) is 4.32. The van der Waals surface area contributed by atoms with Crippen molar-refractivity contribution in [1.82, 2.24) is 15.0 Å². The van der Waals surface area contributed by atoms with Crippen LogP contribution in [0, 0.1) is 5.92 Å². The van der Waals surface area contributed by atoms with Crippen LogP contribution in [0.3, 0.4) is 0 Å². The van der Waals surface area contributed by atoms with Gasteiger partial charge in [-0.25, -0.2) is 4.68 Å². The Morgan fingerprint density at radius 1 is 1.47 bits per heavy atom. The van der Waals surface area contributed by atoms with Crippen LogP contribution in [0.1, 0.15) is 48.4 Å². The van der Waals surface area contributed by atoms with Crippen molar-refractivity contribution in [3.05, 3.63) is 11.4 Å². The van der Waals surface area contributed by atoms with E-state index in [0.29, 0.717) is 0 Å². The lowest BCUT2D eigenvalue weighted by Crippen LogP contribution is -2.27. The van der Waals surface area contributed by atoms with Crippen molar-refractivity contribution in [3.63, 3.8) is 0 Å². The number of carbonyl (C=O) groups is 1. The molecule has 0 saturated heterocycles. The van der Waals surface area contributed by atoms with Crippen LogP contribution < -0.4 is 0 Å². The van der Waals surface area contributed by atoms with Gasteiger partial charge in [0.05, 0.1) is 6.04 Å². The van der Waals surface area contributed by atoms with E-state index in [1.165, 1.54) is 0 Å². The summed E-state index contributed by atoms with van der Waals surface area (Å²) in [5.41, 5.74) is -1.67. The molecular formula is C10H12F3N3O. The Bertz CT molecular complexity index is 423. The maximum atomic E-state index is 12.8. The Morgan fingerprint density at radius 3 is 2.53 bits per heavy atom. The monoisotopic (exact) mass is 247 g/mol. The summed E-state index contributed by atoms with van der Waals surface area (Å²) in [5, 5.41) is 6.76. The third-order valence-electron chi connectivity index (χ3n) is 3.32. The highest BCUT2D eigenvalue weighted by molar-refractivity contribution is 5.73. The molecule has 4 nitrogen and oxygen atoms in total. The number of hydrogen-bond donors (Lipinski definition) is 0. The van der Waals surface area contributed by atoms with E-state index >= 15 is 0 Å². The normalized spacial score (nSPS) is 18.8. The van der Waals surface area contributed by atoms with Gasteiger partial charge < -0.3 is 0 Å². The molecule has 17 heavy (non-hydrogen) atoms. The van der Waals surface area contributed by atoms with Gasteiger partial charge in [0.25, 0.3) is 0 Å². The fraction of sp³-hybridized carbons (Fsp3) is 0.700. The minimum atomic E-state index is -4.60. The molecular weight excluding hydrogens is 235 g/mol. The van der Waals surface area contributed by atoms with Gasteiger partial charge in [0.1, 0.15) is 0 Å². The standard InChI is InChI=1S/C10H12F3N3O/c1-6(7-3-2-4-7)16-9(10(11,12)13)8(5-17)14-15-16/h5-7H,2-4H2,1H3. The molecule has 1 fully saturated rings. The highest BCUT2D eigenvalue weighted by Crippen LogP contribution is 2.39. The molecule has 7 heteroatoms. The Morgan fingerprint density at radius 2 is 2.12 bits per heavy atom. The Balaban J connectivity index is 2.39. The van der Waals surface area contributed by atoms with E-state index in [9.17, 15) is 18.0 Å². The van der Waals surface area contributed by atoms with Crippen LogP contribution in [0.25, 0.3) is 0 Å². The van der Waals surface area contributed by atoms with Crippen molar-refractivity contribution < 1.29 is 18.0 Å². The molecule has 1 aliphatic carbocycles. The molecule has 1 heterocycles. The summed E-state index contributed by atoms with van der Waals surface area (Å²) in [6.07, 6.45) is -1.67. The van der Waals surface area contributed by atoms with E-state index < -0.39 is 17.6 Å². The van der Waals surface area contributed by atoms with E-state index in [2.05, 4.69) is 10.3 Å². The summed E-state index contributed by atoms with van der Waals surface area (Å²) in [5.74, 6) is 0.192.